The SMILES string of the molecule is Cc1cnc(NC(=O)Cc2ccnc(CN)c2)s1. The molecule has 0 fully saturated rings. The number of hydrogen-bond donors (Lipinski definition) is 2. The number of aromatic nitrogens is 2. The van der Waals surface area contributed by atoms with Crippen molar-refractivity contribution in [3.63, 3.8) is 0 Å². The summed E-state index contributed by atoms with van der Waals surface area (Å²) in [5.41, 5.74) is 7.19. The van der Waals surface area contributed by atoms with E-state index in [0.717, 1.165) is 16.1 Å². The molecule has 5 nitrogen and oxygen atoms in total. The van der Waals surface area contributed by atoms with Gasteiger partial charge in [-0.05, 0) is 24.6 Å². The molecule has 3 N–H and O–H groups in total. The third-order valence-electron chi connectivity index (χ3n) is 2.32. The summed E-state index contributed by atoms with van der Waals surface area (Å²) in [6.07, 6.45) is 3.70. The van der Waals surface area contributed by atoms with Gasteiger partial charge >= 0.3 is 0 Å². The van der Waals surface area contributed by atoms with E-state index in [9.17, 15) is 4.79 Å². The number of nitrogens with two attached hydrogens (primary N) is 1. The van der Waals surface area contributed by atoms with Gasteiger partial charge in [0.15, 0.2) is 5.13 Å². The summed E-state index contributed by atoms with van der Waals surface area (Å²) in [5.74, 6) is -0.0847. The molecule has 2 rings (SSSR count). The summed E-state index contributed by atoms with van der Waals surface area (Å²) in [6.45, 7) is 2.32. The van der Waals surface area contributed by atoms with Crippen molar-refractivity contribution in [2.24, 2.45) is 5.73 Å². The van der Waals surface area contributed by atoms with Gasteiger partial charge in [0, 0.05) is 23.8 Å². The van der Waals surface area contributed by atoms with Crippen molar-refractivity contribution in [1.29, 1.82) is 0 Å². The highest BCUT2D eigenvalue weighted by Gasteiger charge is 2.07. The van der Waals surface area contributed by atoms with Crippen molar-refractivity contribution in [2.75, 3.05) is 5.32 Å². The number of nitrogens with zero attached hydrogens (tertiary/aromatic N) is 2. The molecule has 0 spiro atoms. The lowest BCUT2D eigenvalue weighted by Gasteiger charge is -2.03. The van der Waals surface area contributed by atoms with E-state index in [2.05, 4.69) is 15.3 Å². The lowest BCUT2D eigenvalue weighted by atomic mass is 10.1. The van der Waals surface area contributed by atoms with Crippen molar-refractivity contribution in [3.8, 4) is 0 Å². The second kappa shape index (κ2) is 5.70. The monoisotopic (exact) mass is 262 g/mol. The molecule has 2 aromatic heterocycles. The molecule has 0 unspecified atom stereocenters. The van der Waals surface area contributed by atoms with Gasteiger partial charge in [-0.3, -0.25) is 9.78 Å². The van der Waals surface area contributed by atoms with Crippen LogP contribution in [0.5, 0.6) is 0 Å². The molecule has 0 aliphatic heterocycles. The van der Waals surface area contributed by atoms with Gasteiger partial charge < -0.3 is 11.1 Å². The standard InChI is InChI=1S/C12H14N4OS/c1-8-7-15-12(18-8)16-11(17)5-9-2-3-14-10(4-9)6-13/h2-4,7H,5-6,13H2,1H3,(H,15,16,17). The fourth-order valence-corrected chi connectivity index (χ4v) is 2.19. The molecule has 0 radical (unpaired) electrons. The summed E-state index contributed by atoms with van der Waals surface area (Å²) in [6, 6.07) is 3.65. The van der Waals surface area contributed by atoms with Gasteiger partial charge in [0.1, 0.15) is 0 Å². The van der Waals surface area contributed by atoms with Crippen molar-refractivity contribution in [3.05, 3.63) is 40.7 Å². The minimum absolute atomic E-state index is 0.0847. The molecule has 6 heteroatoms. The highest BCUT2D eigenvalue weighted by molar-refractivity contribution is 7.15. The normalized spacial score (nSPS) is 10.3. The van der Waals surface area contributed by atoms with Crippen molar-refractivity contribution >= 4 is 22.4 Å². The number of thiazole rings is 1. The molecule has 0 aromatic carbocycles. The topological polar surface area (TPSA) is 80.9 Å². The van der Waals surface area contributed by atoms with E-state index >= 15 is 0 Å². The first-order chi connectivity index (χ1) is 8.67. The molecular formula is C12H14N4OS. The Labute approximate surface area is 109 Å². The minimum Gasteiger partial charge on any atom is -0.325 e. The zero-order chi connectivity index (χ0) is 13.0. The largest absolute Gasteiger partial charge is 0.325 e. The summed E-state index contributed by atoms with van der Waals surface area (Å²) in [5, 5.41) is 3.40. The van der Waals surface area contributed by atoms with Gasteiger partial charge in [-0.2, -0.15) is 0 Å². The Morgan fingerprint density at radius 1 is 1.50 bits per heavy atom. The average molecular weight is 262 g/mol. The van der Waals surface area contributed by atoms with Crippen molar-refractivity contribution < 1.29 is 4.79 Å². The van der Waals surface area contributed by atoms with Gasteiger partial charge in [0.05, 0.1) is 12.1 Å². The third kappa shape index (κ3) is 3.35. The van der Waals surface area contributed by atoms with Crippen LogP contribution in [0.1, 0.15) is 16.1 Å². The Kier molecular flexibility index (Phi) is 4.01. The van der Waals surface area contributed by atoms with Crippen LogP contribution in [0.2, 0.25) is 0 Å². The molecule has 18 heavy (non-hydrogen) atoms. The average Bonchev–Trinajstić information content (AvgIpc) is 2.74. The van der Waals surface area contributed by atoms with Crippen LogP contribution >= 0.6 is 11.3 Å². The lowest BCUT2D eigenvalue weighted by molar-refractivity contribution is -0.115. The Morgan fingerprint density at radius 2 is 2.33 bits per heavy atom. The van der Waals surface area contributed by atoms with Crippen molar-refractivity contribution in [2.45, 2.75) is 19.9 Å². The number of aryl methyl sites for hydroxylation is 1. The zero-order valence-electron chi connectivity index (χ0n) is 10.0. The number of amides is 1. The second-order valence-electron chi connectivity index (χ2n) is 3.86. The molecule has 0 atom stereocenters. The van der Waals surface area contributed by atoms with Gasteiger partial charge in [0.25, 0.3) is 0 Å². The van der Waals surface area contributed by atoms with E-state index in [1.807, 2.05) is 19.1 Å². The van der Waals surface area contributed by atoms with E-state index in [0.29, 0.717) is 18.1 Å². The highest BCUT2D eigenvalue weighted by Crippen LogP contribution is 2.16. The summed E-state index contributed by atoms with van der Waals surface area (Å²) in [4.78, 5) is 21.0. The molecule has 0 bridgehead atoms. The van der Waals surface area contributed by atoms with E-state index in [4.69, 9.17) is 5.73 Å². The first kappa shape index (κ1) is 12.7. The maximum absolute atomic E-state index is 11.8. The molecule has 0 saturated heterocycles. The molecule has 2 heterocycles. The number of rotatable bonds is 4. The minimum atomic E-state index is -0.0847. The fraction of sp³-hybridized carbons (Fsp3) is 0.250. The lowest BCUT2D eigenvalue weighted by Crippen LogP contribution is -2.14. The summed E-state index contributed by atoms with van der Waals surface area (Å²) >= 11 is 1.46. The predicted molar refractivity (Wildman–Crippen MR) is 71.3 cm³/mol. The van der Waals surface area contributed by atoms with Crippen LogP contribution < -0.4 is 11.1 Å². The highest BCUT2D eigenvalue weighted by atomic mass is 32.1. The number of carbonyl (C=O) groups excluding carboxylic acids is 1. The number of anilines is 1. The smallest absolute Gasteiger partial charge is 0.230 e. The van der Waals surface area contributed by atoms with Crippen LogP contribution in [0, 0.1) is 6.92 Å². The van der Waals surface area contributed by atoms with Crippen LogP contribution in [0.3, 0.4) is 0 Å². The Bertz CT molecular complexity index is 553. The van der Waals surface area contributed by atoms with Crippen LogP contribution in [-0.2, 0) is 17.8 Å². The van der Waals surface area contributed by atoms with Gasteiger partial charge in [-0.1, -0.05) is 0 Å². The van der Waals surface area contributed by atoms with E-state index in [1.54, 1.807) is 12.4 Å². The maximum Gasteiger partial charge on any atom is 0.230 e. The summed E-state index contributed by atoms with van der Waals surface area (Å²) < 4.78 is 0. The molecule has 2 aromatic rings. The molecule has 0 saturated carbocycles. The molecule has 0 aliphatic carbocycles. The number of carbonyl (C=O) groups is 1. The third-order valence-corrected chi connectivity index (χ3v) is 3.15. The second-order valence-corrected chi connectivity index (χ2v) is 5.10. The van der Waals surface area contributed by atoms with Crippen LogP contribution in [0.15, 0.2) is 24.5 Å². The maximum atomic E-state index is 11.8. The predicted octanol–water partition coefficient (Wildman–Crippen LogP) is 1.49. The molecule has 1 amide bonds. The van der Waals surface area contributed by atoms with Crippen LogP contribution in [-0.4, -0.2) is 15.9 Å². The number of nitrogens with one attached hydrogen (secondary N) is 1. The first-order valence-corrected chi connectivity index (χ1v) is 6.35. The van der Waals surface area contributed by atoms with Gasteiger partial charge in [0.2, 0.25) is 5.91 Å². The van der Waals surface area contributed by atoms with Gasteiger partial charge in [-0.15, -0.1) is 11.3 Å². The first-order valence-electron chi connectivity index (χ1n) is 5.53. The molecule has 94 valence electrons. The quantitative estimate of drug-likeness (QED) is 0.874. The fourth-order valence-electron chi connectivity index (χ4n) is 1.51. The van der Waals surface area contributed by atoms with Crippen molar-refractivity contribution in [1.82, 2.24) is 9.97 Å². The zero-order valence-corrected chi connectivity index (χ0v) is 10.8. The van der Waals surface area contributed by atoms with Gasteiger partial charge in [-0.25, -0.2) is 4.98 Å². The van der Waals surface area contributed by atoms with E-state index < -0.39 is 0 Å². The summed E-state index contributed by atoms with van der Waals surface area (Å²) in [7, 11) is 0. The van der Waals surface area contributed by atoms with E-state index in [-0.39, 0.29) is 5.91 Å². The Morgan fingerprint density at radius 3 is 3.00 bits per heavy atom. The number of pyridine rings is 1. The molecular weight excluding hydrogens is 248 g/mol. The molecule has 0 aliphatic rings. The Hall–Kier alpha value is -1.79. The number of hydrogen-bond acceptors (Lipinski definition) is 5. The van der Waals surface area contributed by atoms with Crippen LogP contribution in [0.25, 0.3) is 0 Å². The van der Waals surface area contributed by atoms with E-state index in [1.165, 1.54) is 11.3 Å². The Balaban J connectivity index is 1.98. The van der Waals surface area contributed by atoms with Crippen LogP contribution in [0.4, 0.5) is 5.13 Å².